The number of nitrogens with zero attached hydrogens (tertiary/aromatic N) is 3. The summed E-state index contributed by atoms with van der Waals surface area (Å²) in [5.74, 6) is -0.327. The van der Waals surface area contributed by atoms with Crippen molar-refractivity contribution in [2.24, 2.45) is 0 Å². The molecule has 0 radical (unpaired) electrons. The Bertz CT molecular complexity index is 917. The van der Waals surface area contributed by atoms with E-state index in [1.54, 1.807) is 41.0 Å². The standard InChI is InChI=1S/C18H22N4O5S/c1-2-11-28(25,26)20-15-5-3-14(4-6-15)17(23)21-7-9-22(10-8-21)18(24)16-12-27-13-19-16/h3-6,12-13,20H,2,7-11H2,1H3. The molecule has 1 saturated heterocycles. The Morgan fingerprint density at radius 2 is 1.68 bits per heavy atom. The lowest BCUT2D eigenvalue weighted by Crippen LogP contribution is -2.50. The summed E-state index contributed by atoms with van der Waals surface area (Å²) in [5, 5.41) is 0. The van der Waals surface area contributed by atoms with Crippen molar-refractivity contribution in [2.75, 3.05) is 36.7 Å². The Kier molecular flexibility index (Phi) is 5.98. The Morgan fingerprint density at radius 1 is 1.07 bits per heavy atom. The van der Waals surface area contributed by atoms with E-state index in [2.05, 4.69) is 9.71 Å². The van der Waals surface area contributed by atoms with Gasteiger partial charge in [-0.05, 0) is 30.7 Å². The van der Waals surface area contributed by atoms with Crippen molar-refractivity contribution >= 4 is 27.5 Å². The van der Waals surface area contributed by atoms with Crippen LogP contribution in [0.5, 0.6) is 0 Å². The monoisotopic (exact) mass is 406 g/mol. The lowest BCUT2D eigenvalue weighted by atomic mass is 10.1. The van der Waals surface area contributed by atoms with Gasteiger partial charge in [0.05, 0.1) is 5.75 Å². The molecule has 1 aromatic carbocycles. The molecule has 10 heteroatoms. The molecule has 0 spiro atoms. The van der Waals surface area contributed by atoms with Crippen LogP contribution in [0.2, 0.25) is 0 Å². The first-order valence-electron chi connectivity index (χ1n) is 8.97. The predicted octanol–water partition coefficient (Wildman–Crippen LogP) is 1.42. The first-order chi connectivity index (χ1) is 13.4. The minimum Gasteiger partial charge on any atom is -0.451 e. The molecule has 0 atom stereocenters. The maximum Gasteiger partial charge on any atom is 0.275 e. The van der Waals surface area contributed by atoms with Crippen LogP contribution in [0.1, 0.15) is 34.2 Å². The number of carbonyl (C=O) groups excluding carboxylic acids is 2. The third-order valence-corrected chi connectivity index (χ3v) is 5.88. The van der Waals surface area contributed by atoms with E-state index >= 15 is 0 Å². The van der Waals surface area contributed by atoms with E-state index in [4.69, 9.17) is 4.42 Å². The van der Waals surface area contributed by atoms with Crippen LogP contribution in [0.15, 0.2) is 41.3 Å². The molecule has 1 aliphatic heterocycles. The second kappa shape index (κ2) is 8.42. The number of hydrogen-bond acceptors (Lipinski definition) is 6. The molecule has 150 valence electrons. The molecular formula is C18H22N4O5S. The molecule has 0 unspecified atom stereocenters. The first kappa shape index (κ1) is 19.9. The number of oxazole rings is 1. The third-order valence-electron chi connectivity index (χ3n) is 4.38. The van der Waals surface area contributed by atoms with Crippen LogP contribution in [0.25, 0.3) is 0 Å². The van der Waals surface area contributed by atoms with Crippen molar-refractivity contribution in [3.63, 3.8) is 0 Å². The maximum atomic E-state index is 12.7. The molecule has 0 bridgehead atoms. The molecule has 1 fully saturated rings. The van der Waals surface area contributed by atoms with E-state index < -0.39 is 10.0 Å². The first-order valence-corrected chi connectivity index (χ1v) is 10.6. The van der Waals surface area contributed by atoms with Crippen LogP contribution in [-0.2, 0) is 10.0 Å². The summed E-state index contributed by atoms with van der Waals surface area (Å²) >= 11 is 0. The van der Waals surface area contributed by atoms with Crippen molar-refractivity contribution in [1.29, 1.82) is 0 Å². The van der Waals surface area contributed by atoms with Gasteiger partial charge in [0, 0.05) is 37.4 Å². The normalized spacial score (nSPS) is 14.8. The second-order valence-corrected chi connectivity index (χ2v) is 8.30. The molecule has 0 aliphatic carbocycles. The zero-order valence-electron chi connectivity index (χ0n) is 15.5. The van der Waals surface area contributed by atoms with Gasteiger partial charge in [-0.1, -0.05) is 6.92 Å². The number of rotatable bonds is 6. The number of benzene rings is 1. The van der Waals surface area contributed by atoms with Crippen molar-refractivity contribution in [3.8, 4) is 0 Å². The Labute approximate surface area is 163 Å². The van der Waals surface area contributed by atoms with Gasteiger partial charge in [0.25, 0.3) is 11.8 Å². The number of sulfonamides is 1. The third kappa shape index (κ3) is 4.69. The minimum atomic E-state index is -3.37. The van der Waals surface area contributed by atoms with Gasteiger partial charge in [0.15, 0.2) is 12.1 Å². The minimum absolute atomic E-state index is 0.0466. The quantitative estimate of drug-likeness (QED) is 0.776. The van der Waals surface area contributed by atoms with Crippen LogP contribution < -0.4 is 4.72 Å². The Balaban J connectivity index is 1.57. The molecule has 3 rings (SSSR count). The Morgan fingerprint density at radius 3 is 2.21 bits per heavy atom. The number of hydrogen-bond donors (Lipinski definition) is 1. The van der Waals surface area contributed by atoms with Crippen molar-refractivity contribution in [3.05, 3.63) is 48.2 Å². The number of amides is 2. The molecule has 2 amide bonds. The van der Waals surface area contributed by atoms with E-state index in [1.165, 1.54) is 12.7 Å². The van der Waals surface area contributed by atoms with Crippen LogP contribution in [-0.4, -0.2) is 66.9 Å². The zero-order chi connectivity index (χ0) is 20.1. The molecule has 2 aromatic rings. The SMILES string of the molecule is CCCS(=O)(=O)Nc1ccc(C(=O)N2CCN(C(=O)c3cocn3)CC2)cc1. The molecule has 1 aromatic heterocycles. The lowest BCUT2D eigenvalue weighted by Gasteiger charge is -2.34. The van der Waals surface area contributed by atoms with Crippen LogP contribution >= 0.6 is 0 Å². The number of carbonyl (C=O) groups is 2. The number of piperazine rings is 1. The van der Waals surface area contributed by atoms with E-state index in [1.807, 2.05) is 0 Å². The average molecular weight is 406 g/mol. The number of aromatic nitrogens is 1. The van der Waals surface area contributed by atoms with Crippen molar-refractivity contribution in [2.45, 2.75) is 13.3 Å². The summed E-state index contributed by atoms with van der Waals surface area (Å²) in [5.41, 5.74) is 1.14. The van der Waals surface area contributed by atoms with Gasteiger partial charge in [0.2, 0.25) is 10.0 Å². The highest BCUT2D eigenvalue weighted by Gasteiger charge is 2.26. The highest BCUT2D eigenvalue weighted by Crippen LogP contribution is 2.15. The van der Waals surface area contributed by atoms with Gasteiger partial charge in [-0.25, -0.2) is 13.4 Å². The number of nitrogens with one attached hydrogen (secondary N) is 1. The van der Waals surface area contributed by atoms with Gasteiger partial charge >= 0.3 is 0 Å². The Hall–Kier alpha value is -2.88. The summed E-state index contributed by atoms with van der Waals surface area (Å²) in [6, 6.07) is 6.34. The largest absolute Gasteiger partial charge is 0.451 e. The molecule has 1 aliphatic rings. The fourth-order valence-corrected chi connectivity index (χ4v) is 4.09. The molecule has 1 N–H and O–H groups in total. The van der Waals surface area contributed by atoms with Gasteiger partial charge in [-0.2, -0.15) is 0 Å². The lowest BCUT2D eigenvalue weighted by molar-refractivity contribution is 0.0532. The smallest absolute Gasteiger partial charge is 0.275 e. The van der Waals surface area contributed by atoms with Gasteiger partial charge < -0.3 is 14.2 Å². The molecule has 2 heterocycles. The van der Waals surface area contributed by atoms with E-state index in [0.717, 1.165) is 0 Å². The topological polar surface area (TPSA) is 113 Å². The van der Waals surface area contributed by atoms with Gasteiger partial charge in [0.1, 0.15) is 6.26 Å². The summed E-state index contributed by atoms with van der Waals surface area (Å²) in [7, 11) is -3.37. The van der Waals surface area contributed by atoms with Crippen molar-refractivity contribution in [1.82, 2.24) is 14.8 Å². The summed E-state index contributed by atoms with van der Waals surface area (Å²) in [4.78, 5) is 32.1. The van der Waals surface area contributed by atoms with Crippen LogP contribution in [0.4, 0.5) is 5.69 Å². The fraction of sp³-hybridized carbons (Fsp3) is 0.389. The average Bonchev–Trinajstić information content (AvgIpc) is 3.22. The van der Waals surface area contributed by atoms with Gasteiger partial charge in [-0.15, -0.1) is 0 Å². The number of anilines is 1. The zero-order valence-corrected chi connectivity index (χ0v) is 16.3. The fourth-order valence-electron chi connectivity index (χ4n) is 2.96. The summed E-state index contributed by atoms with van der Waals surface area (Å²) < 4.78 is 30.9. The molecule has 9 nitrogen and oxygen atoms in total. The highest BCUT2D eigenvalue weighted by atomic mass is 32.2. The predicted molar refractivity (Wildman–Crippen MR) is 102 cm³/mol. The molecular weight excluding hydrogens is 384 g/mol. The molecule has 28 heavy (non-hydrogen) atoms. The van der Waals surface area contributed by atoms with E-state index in [-0.39, 0.29) is 23.3 Å². The van der Waals surface area contributed by atoms with Crippen LogP contribution in [0.3, 0.4) is 0 Å². The maximum absolute atomic E-state index is 12.7. The van der Waals surface area contributed by atoms with Crippen molar-refractivity contribution < 1.29 is 22.4 Å². The summed E-state index contributed by atoms with van der Waals surface area (Å²) in [6.45, 7) is 3.43. The molecule has 0 saturated carbocycles. The second-order valence-electron chi connectivity index (χ2n) is 6.46. The van der Waals surface area contributed by atoms with E-state index in [9.17, 15) is 18.0 Å². The van der Waals surface area contributed by atoms with E-state index in [0.29, 0.717) is 43.9 Å². The van der Waals surface area contributed by atoms with Gasteiger partial charge in [-0.3, -0.25) is 14.3 Å². The highest BCUT2D eigenvalue weighted by molar-refractivity contribution is 7.92. The summed E-state index contributed by atoms with van der Waals surface area (Å²) in [6.07, 6.45) is 3.03. The van der Waals surface area contributed by atoms with Crippen LogP contribution in [0, 0.1) is 0 Å².